The van der Waals surface area contributed by atoms with E-state index < -0.39 is 48.6 Å². The van der Waals surface area contributed by atoms with Gasteiger partial charge < -0.3 is 20.1 Å². The van der Waals surface area contributed by atoms with E-state index in [1.165, 1.54) is 31.2 Å². The quantitative estimate of drug-likeness (QED) is 0.581. The summed E-state index contributed by atoms with van der Waals surface area (Å²) in [6, 6.07) is 4.49. The van der Waals surface area contributed by atoms with Gasteiger partial charge in [-0.3, -0.25) is 19.7 Å². The van der Waals surface area contributed by atoms with Gasteiger partial charge in [-0.2, -0.15) is 8.78 Å². The van der Waals surface area contributed by atoms with Crippen molar-refractivity contribution in [3.05, 3.63) is 29.8 Å². The number of amides is 4. The molecule has 1 rings (SSSR count). The van der Waals surface area contributed by atoms with Crippen LogP contribution in [0.25, 0.3) is 0 Å². The zero-order valence-electron chi connectivity index (χ0n) is 16.4. The van der Waals surface area contributed by atoms with Crippen molar-refractivity contribution in [1.82, 2.24) is 16.0 Å². The zero-order valence-corrected chi connectivity index (χ0v) is 16.4. The van der Waals surface area contributed by atoms with Crippen LogP contribution in [0.1, 0.15) is 38.1 Å². The molecule has 0 fully saturated rings. The number of urea groups is 1. The van der Waals surface area contributed by atoms with Crippen LogP contribution in [0.2, 0.25) is 0 Å². The van der Waals surface area contributed by atoms with E-state index in [2.05, 4.69) is 15.4 Å². The zero-order chi connectivity index (χ0) is 22.2. The number of hydrogen-bond donors (Lipinski definition) is 3. The van der Waals surface area contributed by atoms with E-state index in [0.717, 1.165) is 0 Å². The summed E-state index contributed by atoms with van der Waals surface area (Å²) in [7, 11) is 0. The standard InChI is InChI=1S/C18H23F2N3O6/c1-10(14(25)22-17(27)23-18(2,3)4)28-13(24)9-21-15(26)11-7-5-6-8-12(11)29-16(19)20/h5-8,10,16H,9H2,1-4H3,(H,21,26)(H2,22,23,25,27)/t10-/m1/s1. The highest BCUT2D eigenvalue weighted by Crippen LogP contribution is 2.19. The van der Waals surface area contributed by atoms with Crippen LogP contribution in [0.4, 0.5) is 13.6 Å². The Hall–Kier alpha value is -3.24. The van der Waals surface area contributed by atoms with Gasteiger partial charge in [0, 0.05) is 5.54 Å². The number of nitrogens with one attached hydrogen (secondary N) is 3. The molecule has 160 valence electrons. The lowest BCUT2D eigenvalue weighted by Gasteiger charge is -2.21. The molecule has 0 aliphatic carbocycles. The molecule has 1 atom stereocenters. The predicted molar refractivity (Wildman–Crippen MR) is 97.4 cm³/mol. The summed E-state index contributed by atoms with van der Waals surface area (Å²) in [6.45, 7) is 2.64. The van der Waals surface area contributed by atoms with Crippen molar-refractivity contribution in [3.63, 3.8) is 0 Å². The second-order valence-electron chi connectivity index (χ2n) is 6.88. The lowest BCUT2D eigenvalue weighted by Crippen LogP contribution is -2.50. The number of imide groups is 1. The Morgan fingerprint density at radius 3 is 2.31 bits per heavy atom. The molecule has 0 spiro atoms. The molecule has 29 heavy (non-hydrogen) atoms. The predicted octanol–water partition coefficient (Wildman–Crippen LogP) is 1.57. The minimum Gasteiger partial charge on any atom is -0.451 e. The molecule has 0 saturated heterocycles. The molecule has 1 aromatic carbocycles. The van der Waals surface area contributed by atoms with Crippen molar-refractivity contribution in [2.45, 2.75) is 45.9 Å². The summed E-state index contributed by atoms with van der Waals surface area (Å²) in [5, 5.41) is 6.70. The third-order valence-electron chi connectivity index (χ3n) is 3.14. The Kier molecular flexibility index (Phi) is 8.49. The number of carbonyl (C=O) groups is 4. The number of carbonyl (C=O) groups excluding carboxylic acids is 4. The molecule has 0 aliphatic rings. The Labute approximate surface area is 166 Å². The summed E-state index contributed by atoms with van der Waals surface area (Å²) in [6.07, 6.45) is -1.31. The summed E-state index contributed by atoms with van der Waals surface area (Å²) in [4.78, 5) is 47.4. The fraction of sp³-hybridized carbons (Fsp3) is 0.444. The van der Waals surface area contributed by atoms with Crippen LogP contribution in [-0.2, 0) is 14.3 Å². The SMILES string of the molecule is C[C@@H](OC(=O)CNC(=O)c1ccccc1OC(F)F)C(=O)NC(=O)NC(C)(C)C. The molecule has 0 heterocycles. The minimum atomic E-state index is -3.12. The number of alkyl halides is 2. The van der Waals surface area contributed by atoms with E-state index in [9.17, 15) is 28.0 Å². The first-order chi connectivity index (χ1) is 13.4. The maximum absolute atomic E-state index is 12.4. The molecule has 0 saturated carbocycles. The van der Waals surface area contributed by atoms with Gasteiger partial charge in [0.25, 0.3) is 11.8 Å². The van der Waals surface area contributed by atoms with Gasteiger partial charge in [-0.15, -0.1) is 0 Å². The van der Waals surface area contributed by atoms with Crippen LogP contribution in [0.3, 0.4) is 0 Å². The van der Waals surface area contributed by atoms with Gasteiger partial charge in [0.05, 0.1) is 5.56 Å². The van der Waals surface area contributed by atoms with Gasteiger partial charge in [-0.25, -0.2) is 4.79 Å². The summed E-state index contributed by atoms with van der Waals surface area (Å²) < 4.78 is 33.8. The Morgan fingerprint density at radius 2 is 1.72 bits per heavy atom. The monoisotopic (exact) mass is 415 g/mol. The lowest BCUT2D eigenvalue weighted by molar-refractivity contribution is -0.153. The molecule has 0 unspecified atom stereocenters. The first-order valence-electron chi connectivity index (χ1n) is 8.53. The number of ether oxygens (including phenoxy) is 2. The van der Waals surface area contributed by atoms with Crippen molar-refractivity contribution < 1.29 is 37.4 Å². The first-order valence-corrected chi connectivity index (χ1v) is 8.53. The molecule has 0 radical (unpaired) electrons. The molecule has 0 aliphatic heterocycles. The van der Waals surface area contributed by atoms with Gasteiger partial charge in [-0.1, -0.05) is 12.1 Å². The minimum absolute atomic E-state index is 0.203. The molecule has 1 aromatic rings. The average molecular weight is 415 g/mol. The number of benzene rings is 1. The second-order valence-corrected chi connectivity index (χ2v) is 6.88. The third-order valence-corrected chi connectivity index (χ3v) is 3.14. The molecule has 0 bridgehead atoms. The number of rotatable bonds is 7. The summed E-state index contributed by atoms with van der Waals surface area (Å²) in [5.41, 5.74) is -0.774. The van der Waals surface area contributed by atoms with Crippen LogP contribution in [0, 0.1) is 0 Å². The van der Waals surface area contributed by atoms with Crippen molar-refractivity contribution in [2.24, 2.45) is 0 Å². The normalized spacial score (nSPS) is 12.0. The van der Waals surface area contributed by atoms with Crippen LogP contribution in [0.5, 0.6) is 5.75 Å². The summed E-state index contributed by atoms with van der Waals surface area (Å²) in [5.74, 6) is -3.03. The Balaban J connectivity index is 2.54. The number of hydrogen-bond acceptors (Lipinski definition) is 6. The molecule has 11 heteroatoms. The first kappa shape index (κ1) is 23.8. The van der Waals surface area contributed by atoms with Crippen molar-refractivity contribution in [1.29, 1.82) is 0 Å². The molecular formula is C18H23F2N3O6. The maximum atomic E-state index is 12.4. The van der Waals surface area contributed by atoms with Crippen molar-refractivity contribution in [3.8, 4) is 5.75 Å². The summed E-state index contributed by atoms with van der Waals surface area (Å²) >= 11 is 0. The van der Waals surface area contributed by atoms with Gasteiger partial charge >= 0.3 is 18.6 Å². The van der Waals surface area contributed by atoms with E-state index in [4.69, 9.17) is 4.74 Å². The molecular weight excluding hydrogens is 392 g/mol. The fourth-order valence-corrected chi connectivity index (χ4v) is 1.98. The highest BCUT2D eigenvalue weighted by atomic mass is 19.3. The van der Waals surface area contributed by atoms with Gasteiger partial charge in [0.1, 0.15) is 12.3 Å². The Bertz CT molecular complexity index is 764. The van der Waals surface area contributed by atoms with Crippen LogP contribution in [-0.4, -0.2) is 48.6 Å². The Morgan fingerprint density at radius 1 is 1.10 bits per heavy atom. The highest BCUT2D eigenvalue weighted by molar-refractivity contribution is 5.99. The van der Waals surface area contributed by atoms with Gasteiger partial charge in [0.2, 0.25) is 0 Å². The van der Waals surface area contributed by atoms with Gasteiger partial charge in [0.15, 0.2) is 6.10 Å². The van der Waals surface area contributed by atoms with Crippen LogP contribution < -0.4 is 20.7 Å². The topological polar surface area (TPSA) is 123 Å². The van der Waals surface area contributed by atoms with Gasteiger partial charge in [-0.05, 0) is 39.8 Å². The maximum Gasteiger partial charge on any atom is 0.387 e. The number of esters is 1. The largest absolute Gasteiger partial charge is 0.451 e. The molecule has 0 aromatic heterocycles. The lowest BCUT2D eigenvalue weighted by atomic mass is 10.1. The average Bonchev–Trinajstić information content (AvgIpc) is 2.57. The third kappa shape index (κ3) is 9.00. The number of para-hydroxylation sites is 1. The van der Waals surface area contributed by atoms with Crippen molar-refractivity contribution in [2.75, 3.05) is 6.54 Å². The second kappa shape index (κ2) is 10.3. The highest BCUT2D eigenvalue weighted by Gasteiger charge is 2.23. The van der Waals surface area contributed by atoms with Crippen LogP contribution >= 0.6 is 0 Å². The van der Waals surface area contributed by atoms with Crippen LogP contribution in [0.15, 0.2) is 24.3 Å². The smallest absolute Gasteiger partial charge is 0.387 e. The fourth-order valence-electron chi connectivity index (χ4n) is 1.98. The van der Waals surface area contributed by atoms with E-state index in [1.807, 2.05) is 5.32 Å². The van der Waals surface area contributed by atoms with E-state index in [1.54, 1.807) is 20.8 Å². The van der Waals surface area contributed by atoms with E-state index in [0.29, 0.717) is 0 Å². The number of halogens is 2. The van der Waals surface area contributed by atoms with E-state index in [-0.39, 0.29) is 11.3 Å². The van der Waals surface area contributed by atoms with E-state index >= 15 is 0 Å². The van der Waals surface area contributed by atoms with Crippen molar-refractivity contribution >= 4 is 23.8 Å². The molecule has 4 amide bonds. The molecule has 9 nitrogen and oxygen atoms in total. The molecule has 3 N–H and O–H groups in total.